The Hall–Kier alpha value is -1.69. The molecule has 0 N–H and O–H groups in total. The summed E-state index contributed by atoms with van der Waals surface area (Å²) in [6.07, 6.45) is 1.58. The number of nitrogens with zero attached hydrogens (tertiary/aromatic N) is 3. The van der Waals surface area contributed by atoms with Crippen LogP contribution >= 0.6 is 15.9 Å². The van der Waals surface area contributed by atoms with Crippen LogP contribution in [0.15, 0.2) is 28.1 Å². The lowest BCUT2D eigenvalue weighted by Gasteiger charge is -1.98. The number of rotatable bonds is 1. The summed E-state index contributed by atoms with van der Waals surface area (Å²) in [6.45, 7) is 6.75. The third-order valence-corrected chi connectivity index (χ3v) is 2.78. The van der Waals surface area contributed by atoms with Crippen LogP contribution in [0.3, 0.4) is 0 Å². The average Bonchev–Trinajstić information content (AvgIpc) is 2.48. The SMILES string of the molecule is C=C(C)n1c(=O)n(C(C)=O)c2cc(Br)cnc21. The van der Waals surface area contributed by atoms with Crippen LogP contribution in [-0.4, -0.2) is 20.0 Å². The maximum atomic E-state index is 12.1. The topological polar surface area (TPSA) is 56.9 Å². The van der Waals surface area contributed by atoms with E-state index >= 15 is 0 Å². The van der Waals surface area contributed by atoms with Gasteiger partial charge in [0, 0.05) is 23.3 Å². The number of carbonyl (C=O) groups is 1. The molecule has 0 fully saturated rings. The minimum Gasteiger partial charge on any atom is -0.274 e. The van der Waals surface area contributed by atoms with Gasteiger partial charge in [-0.1, -0.05) is 6.58 Å². The van der Waals surface area contributed by atoms with Crippen molar-refractivity contribution in [1.29, 1.82) is 0 Å². The monoisotopic (exact) mass is 295 g/mol. The second kappa shape index (κ2) is 3.96. The summed E-state index contributed by atoms with van der Waals surface area (Å²) in [5.74, 6) is -0.347. The molecule has 0 aliphatic carbocycles. The van der Waals surface area contributed by atoms with Gasteiger partial charge in [0.15, 0.2) is 5.65 Å². The third kappa shape index (κ3) is 1.74. The van der Waals surface area contributed by atoms with E-state index in [0.717, 1.165) is 4.57 Å². The van der Waals surface area contributed by atoms with Crippen LogP contribution in [-0.2, 0) is 0 Å². The van der Waals surface area contributed by atoms with Crippen molar-refractivity contribution < 1.29 is 4.79 Å². The maximum Gasteiger partial charge on any atom is 0.341 e. The fraction of sp³-hybridized carbons (Fsp3) is 0.182. The highest BCUT2D eigenvalue weighted by atomic mass is 79.9. The van der Waals surface area contributed by atoms with Gasteiger partial charge in [-0.25, -0.2) is 18.9 Å². The number of imidazole rings is 1. The Morgan fingerprint density at radius 1 is 1.41 bits per heavy atom. The largest absolute Gasteiger partial charge is 0.341 e. The van der Waals surface area contributed by atoms with Gasteiger partial charge in [-0.05, 0) is 28.9 Å². The van der Waals surface area contributed by atoms with Gasteiger partial charge in [-0.15, -0.1) is 0 Å². The molecule has 2 rings (SSSR count). The zero-order valence-electron chi connectivity index (χ0n) is 9.40. The van der Waals surface area contributed by atoms with E-state index in [2.05, 4.69) is 27.5 Å². The highest BCUT2D eigenvalue weighted by molar-refractivity contribution is 9.10. The molecule has 0 saturated carbocycles. The Labute approximate surface area is 106 Å². The Morgan fingerprint density at radius 3 is 2.59 bits per heavy atom. The van der Waals surface area contributed by atoms with Crippen LogP contribution < -0.4 is 5.69 Å². The van der Waals surface area contributed by atoms with E-state index in [1.54, 1.807) is 19.2 Å². The van der Waals surface area contributed by atoms with Crippen molar-refractivity contribution in [3.8, 4) is 0 Å². The molecule has 0 aromatic carbocycles. The molecule has 0 saturated heterocycles. The van der Waals surface area contributed by atoms with Gasteiger partial charge in [0.25, 0.3) is 0 Å². The average molecular weight is 296 g/mol. The molecule has 0 amide bonds. The first-order valence-electron chi connectivity index (χ1n) is 4.89. The van der Waals surface area contributed by atoms with Crippen LogP contribution in [0.2, 0.25) is 0 Å². The minimum atomic E-state index is -0.439. The second-order valence-electron chi connectivity index (χ2n) is 3.70. The molecule has 0 bridgehead atoms. The Bertz CT molecular complexity index is 697. The lowest BCUT2D eigenvalue weighted by atomic mass is 10.4. The van der Waals surface area contributed by atoms with Crippen molar-refractivity contribution in [2.24, 2.45) is 0 Å². The van der Waals surface area contributed by atoms with E-state index in [1.165, 1.54) is 11.5 Å². The second-order valence-corrected chi connectivity index (χ2v) is 4.62. The summed E-state index contributed by atoms with van der Waals surface area (Å²) in [5, 5.41) is 0. The van der Waals surface area contributed by atoms with E-state index in [0.29, 0.717) is 21.3 Å². The molecule has 0 aliphatic heterocycles. The van der Waals surface area contributed by atoms with Crippen molar-refractivity contribution in [2.75, 3.05) is 0 Å². The molecule has 2 aromatic rings. The molecule has 2 aromatic heterocycles. The van der Waals surface area contributed by atoms with E-state index < -0.39 is 5.69 Å². The van der Waals surface area contributed by atoms with Gasteiger partial charge >= 0.3 is 5.69 Å². The summed E-state index contributed by atoms with van der Waals surface area (Å²) in [6, 6.07) is 1.69. The molecule has 0 spiro atoms. The first kappa shape index (κ1) is 11.8. The van der Waals surface area contributed by atoms with Crippen LogP contribution in [0.4, 0.5) is 0 Å². The Morgan fingerprint density at radius 2 is 2.06 bits per heavy atom. The van der Waals surface area contributed by atoms with Gasteiger partial charge in [-0.2, -0.15) is 0 Å². The highest BCUT2D eigenvalue weighted by Gasteiger charge is 2.17. The number of aromatic nitrogens is 3. The molecular formula is C11H10BrN3O2. The van der Waals surface area contributed by atoms with E-state index in [1.807, 2.05) is 0 Å². The molecule has 0 aliphatic rings. The van der Waals surface area contributed by atoms with Gasteiger partial charge < -0.3 is 0 Å². The molecule has 17 heavy (non-hydrogen) atoms. The zero-order chi connectivity index (χ0) is 12.7. The molecule has 2 heterocycles. The van der Waals surface area contributed by atoms with Crippen LogP contribution in [0.25, 0.3) is 16.9 Å². The van der Waals surface area contributed by atoms with Gasteiger partial charge in [0.1, 0.15) is 0 Å². The lowest BCUT2D eigenvalue weighted by Crippen LogP contribution is -2.26. The predicted molar refractivity (Wildman–Crippen MR) is 69.0 cm³/mol. The number of hydrogen-bond donors (Lipinski definition) is 0. The standard InChI is InChI=1S/C11H10BrN3O2/c1-6(2)14-10-9(4-8(12)5-13-10)15(7(3)16)11(14)17/h4-5H,1H2,2-3H3. The Balaban J connectivity index is 3.04. The predicted octanol–water partition coefficient (Wildman–Crippen LogP) is 2.11. The lowest BCUT2D eigenvalue weighted by molar-refractivity contribution is 0.0937. The van der Waals surface area contributed by atoms with Gasteiger partial charge in [0.05, 0.1) is 5.52 Å². The van der Waals surface area contributed by atoms with Crippen LogP contribution in [0, 0.1) is 0 Å². The first-order valence-corrected chi connectivity index (χ1v) is 5.68. The van der Waals surface area contributed by atoms with Crippen molar-refractivity contribution in [3.63, 3.8) is 0 Å². The molecule has 0 radical (unpaired) electrons. The molecule has 88 valence electrons. The van der Waals surface area contributed by atoms with Crippen LogP contribution in [0.5, 0.6) is 0 Å². The number of hydrogen-bond acceptors (Lipinski definition) is 3. The summed E-state index contributed by atoms with van der Waals surface area (Å²) in [4.78, 5) is 27.7. The summed E-state index contributed by atoms with van der Waals surface area (Å²) < 4.78 is 3.11. The fourth-order valence-electron chi connectivity index (χ4n) is 1.70. The van der Waals surface area contributed by atoms with Gasteiger partial charge in [0.2, 0.25) is 5.91 Å². The molecule has 5 nitrogen and oxygen atoms in total. The van der Waals surface area contributed by atoms with E-state index in [4.69, 9.17) is 0 Å². The molecule has 0 unspecified atom stereocenters. The highest BCUT2D eigenvalue weighted by Crippen LogP contribution is 2.18. The summed E-state index contributed by atoms with van der Waals surface area (Å²) in [7, 11) is 0. The van der Waals surface area contributed by atoms with Gasteiger partial charge in [-0.3, -0.25) is 4.79 Å². The summed E-state index contributed by atoms with van der Waals surface area (Å²) >= 11 is 3.27. The number of fused-ring (bicyclic) bond motifs is 1. The third-order valence-electron chi connectivity index (χ3n) is 2.35. The number of carbonyl (C=O) groups excluding carboxylic acids is 1. The van der Waals surface area contributed by atoms with Crippen molar-refractivity contribution in [3.05, 3.63) is 33.8 Å². The number of halogens is 1. The smallest absolute Gasteiger partial charge is 0.274 e. The fourth-order valence-corrected chi connectivity index (χ4v) is 2.02. The summed E-state index contributed by atoms with van der Waals surface area (Å²) in [5.41, 5.74) is 0.987. The first-order chi connectivity index (χ1) is 7.93. The molecule has 0 atom stereocenters. The zero-order valence-corrected chi connectivity index (χ0v) is 11.0. The number of pyridine rings is 1. The minimum absolute atomic E-state index is 0.347. The maximum absolute atomic E-state index is 12.1. The van der Waals surface area contributed by atoms with E-state index in [9.17, 15) is 9.59 Å². The molecular weight excluding hydrogens is 286 g/mol. The van der Waals surface area contributed by atoms with Crippen LogP contribution in [0.1, 0.15) is 18.6 Å². The van der Waals surface area contributed by atoms with Crippen molar-refractivity contribution >= 4 is 38.7 Å². The Kier molecular flexibility index (Phi) is 2.74. The molecule has 6 heteroatoms. The normalized spacial score (nSPS) is 10.8. The van der Waals surface area contributed by atoms with E-state index in [-0.39, 0.29) is 5.91 Å². The number of allylic oxidation sites excluding steroid dienone is 1. The van der Waals surface area contributed by atoms with Crippen molar-refractivity contribution in [2.45, 2.75) is 13.8 Å². The quantitative estimate of drug-likeness (QED) is 0.810. The van der Waals surface area contributed by atoms with Crippen molar-refractivity contribution in [1.82, 2.24) is 14.1 Å².